The summed E-state index contributed by atoms with van der Waals surface area (Å²) in [7, 11) is 0. The lowest BCUT2D eigenvalue weighted by molar-refractivity contribution is -0.0250. The van der Waals surface area contributed by atoms with Gasteiger partial charge in [-0.15, -0.1) is 0 Å². The van der Waals surface area contributed by atoms with Crippen LogP contribution >= 0.6 is 0 Å². The van der Waals surface area contributed by atoms with E-state index < -0.39 is 12.3 Å². The van der Waals surface area contributed by atoms with Gasteiger partial charge in [-0.3, -0.25) is 0 Å². The maximum atomic E-state index is 11.7. The summed E-state index contributed by atoms with van der Waals surface area (Å²) in [5, 5.41) is 0. The zero-order chi connectivity index (χ0) is 13.1. The third-order valence-corrected chi connectivity index (χ3v) is 2.65. The first-order chi connectivity index (χ1) is 8.63. The fourth-order valence-electron chi connectivity index (χ4n) is 1.77. The summed E-state index contributed by atoms with van der Waals surface area (Å²) in [6.07, 6.45) is 2.45. The summed E-state index contributed by atoms with van der Waals surface area (Å²) in [5.74, 6) is -0.420. The number of carbonyl (C=O) groups excluding carboxylic acids is 1. The van der Waals surface area contributed by atoms with Crippen LogP contribution in [0.1, 0.15) is 34.7 Å². The maximum absolute atomic E-state index is 11.7. The lowest BCUT2D eigenvalue weighted by Gasteiger charge is -2.15. The molecule has 2 rings (SSSR count). The van der Waals surface area contributed by atoms with Gasteiger partial charge in [-0.1, -0.05) is 0 Å². The molecule has 0 saturated heterocycles. The zero-order valence-corrected chi connectivity index (χ0v) is 10.3. The number of ether oxygens (including phenoxy) is 3. The van der Waals surface area contributed by atoms with E-state index in [0.29, 0.717) is 17.9 Å². The van der Waals surface area contributed by atoms with E-state index in [1.54, 1.807) is 19.1 Å². The molecule has 0 aromatic heterocycles. The molecule has 1 heterocycles. The van der Waals surface area contributed by atoms with Gasteiger partial charge in [0.05, 0.1) is 12.2 Å². The SMILES string of the molecule is CCOC(=O)c1cc(C)c(C2OC=CO2)cc1N. The van der Waals surface area contributed by atoms with Crippen LogP contribution in [0.15, 0.2) is 24.7 Å². The van der Waals surface area contributed by atoms with Crippen molar-refractivity contribution in [2.75, 3.05) is 12.3 Å². The van der Waals surface area contributed by atoms with E-state index in [9.17, 15) is 4.79 Å². The smallest absolute Gasteiger partial charge is 0.340 e. The van der Waals surface area contributed by atoms with Gasteiger partial charge in [0.15, 0.2) is 0 Å². The minimum Gasteiger partial charge on any atom is -0.462 e. The van der Waals surface area contributed by atoms with E-state index in [0.717, 1.165) is 11.1 Å². The molecule has 0 atom stereocenters. The molecule has 0 fully saturated rings. The molecule has 1 aromatic rings. The molecule has 0 amide bonds. The average molecular weight is 249 g/mol. The molecule has 1 aliphatic heterocycles. The van der Waals surface area contributed by atoms with Crippen molar-refractivity contribution in [2.45, 2.75) is 20.1 Å². The topological polar surface area (TPSA) is 70.8 Å². The van der Waals surface area contributed by atoms with Crippen LogP contribution in [0.3, 0.4) is 0 Å². The monoisotopic (exact) mass is 249 g/mol. The molecule has 0 spiro atoms. The molecule has 1 aliphatic rings. The highest BCUT2D eigenvalue weighted by Gasteiger charge is 2.21. The first kappa shape index (κ1) is 12.3. The molecule has 96 valence electrons. The van der Waals surface area contributed by atoms with Crippen LogP contribution in [-0.4, -0.2) is 12.6 Å². The van der Waals surface area contributed by atoms with Crippen molar-refractivity contribution in [1.82, 2.24) is 0 Å². The second-order valence-corrected chi connectivity index (χ2v) is 3.89. The molecule has 5 nitrogen and oxygen atoms in total. The zero-order valence-electron chi connectivity index (χ0n) is 10.3. The van der Waals surface area contributed by atoms with Gasteiger partial charge < -0.3 is 19.9 Å². The van der Waals surface area contributed by atoms with Crippen LogP contribution in [-0.2, 0) is 14.2 Å². The summed E-state index contributed by atoms with van der Waals surface area (Å²) < 4.78 is 15.4. The van der Waals surface area contributed by atoms with Crippen molar-refractivity contribution in [1.29, 1.82) is 0 Å². The van der Waals surface area contributed by atoms with Gasteiger partial charge in [0.25, 0.3) is 6.29 Å². The van der Waals surface area contributed by atoms with E-state index in [-0.39, 0.29) is 0 Å². The second kappa shape index (κ2) is 5.00. The Morgan fingerprint density at radius 3 is 2.67 bits per heavy atom. The highest BCUT2D eigenvalue weighted by Crippen LogP contribution is 2.30. The van der Waals surface area contributed by atoms with Gasteiger partial charge >= 0.3 is 5.97 Å². The largest absolute Gasteiger partial charge is 0.462 e. The molecule has 2 N–H and O–H groups in total. The van der Waals surface area contributed by atoms with Gasteiger partial charge in [-0.05, 0) is 31.5 Å². The fourth-order valence-corrected chi connectivity index (χ4v) is 1.77. The number of rotatable bonds is 3. The molecular weight excluding hydrogens is 234 g/mol. The Kier molecular flexibility index (Phi) is 3.41. The lowest BCUT2D eigenvalue weighted by Crippen LogP contribution is -2.11. The van der Waals surface area contributed by atoms with Gasteiger partial charge in [0.2, 0.25) is 0 Å². The Labute approximate surface area is 105 Å². The number of hydrogen-bond acceptors (Lipinski definition) is 5. The first-order valence-electron chi connectivity index (χ1n) is 5.66. The van der Waals surface area contributed by atoms with Crippen LogP contribution < -0.4 is 5.73 Å². The van der Waals surface area contributed by atoms with Crippen molar-refractivity contribution in [3.63, 3.8) is 0 Å². The summed E-state index contributed by atoms with van der Waals surface area (Å²) in [4.78, 5) is 11.7. The Balaban J connectivity index is 2.31. The summed E-state index contributed by atoms with van der Waals surface area (Å²) >= 11 is 0. The predicted molar refractivity (Wildman–Crippen MR) is 65.6 cm³/mol. The molecule has 0 aliphatic carbocycles. The number of aryl methyl sites for hydroxylation is 1. The van der Waals surface area contributed by atoms with Gasteiger partial charge in [0, 0.05) is 11.3 Å². The molecule has 0 radical (unpaired) electrons. The van der Waals surface area contributed by atoms with Gasteiger partial charge in [-0.2, -0.15) is 0 Å². The summed E-state index contributed by atoms with van der Waals surface area (Å²) in [5.41, 5.74) is 8.24. The average Bonchev–Trinajstić information content (AvgIpc) is 2.85. The van der Waals surface area contributed by atoms with Crippen molar-refractivity contribution >= 4 is 11.7 Å². The molecule has 5 heteroatoms. The standard InChI is InChI=1S/C13H15NO4/c1-3-16-12(15)10-6-8(2)9(7-11(10)14)13-17-4-5-18-13/h4-7,13H,3,14H2,1-2H3. The normalized spacial score (nSPS) is 14.1. The molecular formula is C13H15NO4. The Hall–Kier alpha value is -2.17. The first-order valence-corrected chi connectivity index (χ1v) is 5.66. The third kappa shape index (κ3) is 2.25. The third-order valence-electron chi connectivity index (χ3n) is 2.65. The minimum absolute atomic E-state index is 0.317. The lowest BCUT2D eigenvalue weighted by atomic mass is 10.0. The number of hydrogen-bond donors (Lipinski definition) is 1. The van der Waals surface area contributed by atoms with Gasteiger partial charge in [-0.25, -0.2) is 4.79 Å². The van der Waals surface area contributed by atoms with Crippen molar-refractivity contribution < 1.29 is 19.0 Å². The number of esters is 1. The number of benzene rings is 1. The Morgan fingerprint density at radius 1 is 1.39 bits per heavy atom. The predicted octanol–water partition coefficient (Wildman–Crippen LogP) is 2.27. The van der Waals surface area contributed by atoms with Crippen molar-refractivity contribution in [2.24, 2.45) is 0 Å². The highest BCUT2D eigenvalue weighted by molar-refractivity contribution is 5.95. The molecule has 18 heavy (non-hydrogen) atoms. The van der Waals surface area contributed by atoms with Crippen LogP contribution in [0.25, 0.3) is 0 Å². The fraction of sp³-hybridized carbons (Fsp3) is 0.308. The van der Waals surface area contributed by atoms with Crippen molar-refractivity contribution in [3.05, 3.63) is 41.3 Å². The quantitative estimate of drug-likeness (QED) is 0.657. The summed E-state index contributed by atoms with van der Waals surface area (Å²) in [6.45, 7) is 3.93. The van der Waals surface area contributed by atoms with Crippen molar-refractivity contribution in [3.8, 4) is 0 Å². The number of carbonyl (C=O) groups is 1. The maximum Gasteiger partial charge on any atom is 0.340 e. The number of nitrogen functional groups attached to an aromatic ring is 1. The number of anilines is 1. The molecule has 0 bridgehead atoms. The van der Waals surface area contributed by atoms with E-state index >= 15 is 0 Å². The van der Waals surface area contributed by atoms with Crippen LogP contribution in [0.5, 0.6) is 0 Å². The van der Waals surface area contributed by atoms with Crippen LogP contribution in [0.2, 0.25) is 0 Å². The van der Waals surface area contributed by atoms with Crippen LogP contribution in [0, 0.1) is 6.92 Å². The highest BCUT2D eigenvalue weighted by atomic mass is 16.7. The summed E-state index contributed by atoms with van der Waals surface area (Å²) in [6, 6.07) is 3.37. The van der Waals surface area contributed by atoms with Gasteiger partial charge in [0.1, 0.15) is 12.5 Å². The minimum atomic E-state index is -0.497. The van der Waals surface area contributed by atoms with E-state index in [1.807, 2.05) is 6.92 Å². The van der Waals surface area contributed by atoms with Crippen LogP contribution in [0.4, 0.5) is 5.69 Å². The second-order valence-electron chi connectivity index (χ2n) is 3.89. The van der Waals surface area contributed by atoms with E-state index in [4.69, 9.17) is 19.9 Å². The Morgan fingerprint density at radius 2 is 2.06 bits per heavy atom. The number of nitrogens with two attached hydrogens (primary N) is 1. The van der Waals surface area contributed by atoms with E-state index in [1.165, 1.54) is 12.5 Å². The Bertz CT molecular complexity index is 488. The van der Waals surface area contributed by atoms with E-state index in [2.05, 4.69) is 0 Å². The molecule has 0 saturated carbocycles. The molecule has 1 aromatic carbocycles. The molecule has 0 unspecified atom stereocenters.